The van der Waals surface area contributed by atoms with E-state index in [1.165, 1.54) is 18.2 Å². The van der Waals surface area contributed by atoms with Crippen LogP contribution in [0.3, 0.4) is 0 Å². The summed E-state index contributed by atoms with van der Waals surface area (Å²) in [6, 6.07) is 4.43. The van der Waals surface area contributed by atoms with Crippen LogP contribution in [0.1, 0.15) is 26.7 Å². The first-order valence-electron chi connectivity index (χ1n) is 6.31. The highest BCUT2D eigenvalue weighted by atomic mass is 35.5. The van der Waals surface area contributed by atoms with Gasteiger partial charge >= 0.3 is 0 Å². The second kappa shape index (κ2) is 4.96. The van der Waals surface area contributed by atoms with Crippen molar-refractivity contribution in [2.75, 3.05) is 12.3 Å². The molecule has 0 aliphatic heterocycles. The Labute approximate surface area is 119 Å². The Morgan fingerprint density at radius 2 is 2.05 bits per heavy atom. The van der Waals surface area contributed by atoms with Crippen molar-refractivity contribution in [3.63, 3.8) is 0 Å². The molecule has 1 aliphatic carbocycles. The quantitative estimate of drug-likeness (QED) is 0.821. The smallest absolute Gasteiger partial charge is 0.242 e. The molecule has 1 aliphatic rings. The summed E-state index contributed by atoms with van der Waals surface area (Å²) in [5, 5.41) is 0.155. The number of benzene rings is 1. The molecule has 0 spiro atoms. The van der Waals surface area contributed by atoms with Crippen LogP contribution >= 0.6 is 11.6 Å². The molecule has 6 heteroatoms. The van der Waals surface area contributed by atoms with Crippen LogP contribution in [0.15, 0.2) is 23.1 Å². The fraction of sp³-hybridized carbons (Fsp3) is 0.538. The Bertz CT molecular complexity index is 580. The number of hydrogen-bond donors (Lipinski definition) is 2. The molecule has 106 valence electrons. The van der Waals surface area contributed by atoms with Crippen molar-refractivity contribution >= 4 is 27.3 Å². The Balaban J connectivity index is 2.15. The lowest BCUT2D eigenvalue weighted by atomic mass is 9.93. The van der Waals surface area contributed by atoms with E-state index in [1.54, 1.807) is 0 Å². The second-order valence-corrected chi connectivity index (χ2v) is 7.67. The minimum Gasteiger partial charge on any atom is -0.399 e. The van der Waals surface area contributed by atoms with Gasteiger partial charge in [0.2, 0.25) is 10.0 Å². The minimum atomic E-state index is -3.57. The highest BCUT2D eigenvalue weighted by Crippen LogP contribution is 2.51. The summed E-state index contributed by atoms with van der Waals surface area (Å²) < 4.78 is 27.1. The maximum atomic E-state index is 12.2. The van der Waals surface area contributed by atoms with Gasteiger partial charge in [0, 0.05) is 12.2 Å². The van der Waals surface area contributed by atoms with Crippen LogP contribution in [-0.4, -0.2) is 15.0 Å². The molecule has 0 bridgehead atoms. The van der Waals surface area contributed by atoms with Crippen molar-refractivity contribution in [2.45, 2.75) is 31.6 Å². The summed E-state index contributed by atoms with van der Waals surface area (Å²) in [7, 11) is -3.57. The number of nitrogen functional groups attached to an aromatic ring is 1. The fourth-order valence-corrected chi connectivity index (χ4v) is 3.86. The number of rotatable bonds is 5. The third kappa shape index (κ3) is 3.04. The molecular weight excluding hydrogens is 284 g/mol. The molecule has 2 rings (SSSR count). The summed E-state index contributed by atoms with van der Waals surface area (Å²) in [4.78, 5) is 0.0860. The monoisotopic (exact) mass is 302 g/mol. The van der Waals surface area contributed by atoms with Crippen molar-refractivity contribution in [3.05, 3.63) is 23.2 Å². The van der Waals surface area contributed by atoms with Crippen molar-refractivity contribution in [2.24, 2.45) is 11.3 Å². The predicted molar refractivity (Wildman–Crippen MR) is 77.6 cm³/mol. The van der Waals surface area contributed by atoms with E-state index in [4.69, 9.17) is 17.3 Å². The van der Waals surface area contributed by atoms with Crippen molar-refractivity contribution in [3.8, 4) is 0 Å². The van der Waals surface area contributed by atoms with Crippen LogP contribution in [0, 0.1) is 11.3 Å². The van der Waals surface area contributed by atoms with Crippen molar-refractivity contribution in [1.82, 2.24) is 4.72 Å². The van der Waals surface area contributed by atoms with Crippen molar-refractivity contribution in [1.29, 1.82) is 0 Å². The third-order valence-corrected chi connectivity index (χ3v) is 5.86. The number of halogens is 1. The van der Waals surface area contributed by atoms with Gasteiger partial charge in [-0.3, -0.25) is 0 Å². The van der Waals surface area contributed by atoms with Gasteiger partial charge in [0.05, 0.1) is 5.02 Å². The summed E-state index contributed by atoms with van der Waals surface area (Å²) in [6.07, 6.45) is 2.14. The Morgan fingerprint density at radius 1 is 1.42 bits per heavy atom. The number of nitrogens with one attached hydrogen (secondary N) is 1. The van der Waals surface area contributed by atoms with Crippen molar-refractivity contribution < 1.29 is 8.42 Å². The molecule has 3 N–H and O–H groups in total. The van der Waals surface area contributed by atoms with Crippen LogP contribution in [0.2, 0.25) is 5.02 Å². The Hall–Kier alpha value is -0.780. The van der Waals surface area contributed by atoms with Gasteiger partial charge in [-0.1, -0.05) is 25.4 Å². The molecular formula is C13H19ClN2O2S. The average Bonchev–Trinajstić information content (AvgIpc) is 3.07. The van der Waals surface area contributed by atoms with E-state index in [-0.39, 0.29) is 15.3 Å². The number of anilines is 1. The largest absolute Gasteiger partial charge is 0.399 e. The normalized spacial score (nSPS) is 17.7. The summed E-state index contributed by atoms with van der Waals surface area (Å²) >= 11 is 5.94. The first-order chi connectivity index (χ1) is 8.77. The Kier molecular flexibility index (Phi) is 3.82. The maximum absolute atomic E-state index is 12.2. The van der Waals surface area contributed by atoms with E-state index in [0.29, 0.717) is 18.2 Å². The Morgan fingerprint density at radius 3 is 2.53 bits per heavy atom. The van der Waals surface area contributed by atoms with Gasteiger partial charge in [-0.05, 0) is 42.4 Å². The molecule has 1 aromatic rings. The highest BCUT2D eigenvalue weighted by molar-refractivity contribution is 7.89. The zero-order chi connectivity index (χ0) is 14.3. The van der Waals surface area contributed by atoms with Crippen LogP contribution in [0.25, 0.3) is 0 Å². The lowest BCUT2D eigenvalue weighted by molar-refractivity contribution is 0.357. The molecule has 0 amide bonds. The summed E-state index contributed by atoms with van der Waals surface area (Å²) in [5.74, 6) is 0.470. The minimum absolute atomic E-state index is 0.0860. The molecule has 0 aromatic heterocycles. The molecule has 1 saturated carbocycles. The van der Waals surface area contributed by atoms with Gasteiger partial charge in [0.25, 0.3) is 0 Å². The fourth-order valence-electron chi connectivity index (χ4n) is 2.17. The molecule has 1 aromatic carbocycles. The first-order valence-corrected chi connectivity index (χ1v) is 8.18. The topological polar surface area (TPSA) is 72.2 Å². The lowest BCUT2D eigenvalue weighted by Gasteiger charge is -2.20. The van der Waals surface area contributed by atoms with Gasteiger partial charge in [0.1, 0.15) is 4.90 Å². The summed E-state index contributed by atoms with van der Waals surface area (Å²) in [6.45, 7) is 4.71. The molecule has 0 radical (unpaired) electrons. The number of nitrogens with two attached hydrogens (primary N) is 1. The van der Waals surface area contributed by atoms with Gasteiger partial charge < -0.3 is 5.73 Å². The third-order valence-electron chi connectivity index (χ3n) is 3.98. The van der Waals surface area contributed by atoms with Gasteiger partial charge in [-0.25, -0.2) is 13.1 Å². The van der Waals surface area contributed by atoms with E-state index in [0.717, 1.165) is 12.8 Å². The number of hydrogen-bond acceptors (Lipinski definition) is 3. The molecule has 0 unspecified atom stereocenters. The van der Waals surface area contributed by atoms with Gasteiger partial charge in [0.15, 0.2) is 0 Å². The first kappa shape index (κ1) is 14.6. The molecule has 4 nitrogen and oxygen atoms in total. The van der Waals surface area contributed by atoms with Crippen LogP contribution in [-0.2, 0) is 10.0 Å². The predicted octanol–water partition coefficient (Wildman–Crippen LogP) is 2.64. The maximum Gasteiger partial charge on any atom is 0.242 e. The summed E-state index contributed by atoms with van der Waals surface area (Å²) in [5.41, 5.74) is 6.13. The molecule has 1 fully saturated rings. The zero-order valence-electron chi connectivity index (χ0n) is 11.1. The molecule has 0 saturated heterocycles. The van der Waals surface area contributed by atoms with Gasteiger partial charge in [-0.15, -0.1) is 0 Å². The SMILES string of the molecule is CC(C)C1(CNS(=O)(=O)c2ccc(N)cc2Cl)CC1. The van der Waals surface area contributed by atoms with Crippen LogP contribution in [0.5, 0.6) is 0 Å². The lowest BCUT2D eigenvalue weighted by Crippen LogP contribution is -2.32. The van der Waals surface area contributed by atoms with E-state index in [2.05, 4.69) is 18.6 Å². The molecule has 19 heavy (non-hydrogen) atoms. The van der Waals surface area contributed by atoms with Crippen LogP contribution in [0.4, 0.5) is 5.69 Å². The second-order valence-electron chi connectivity index (χ2n) is 5.53. The highest BCUT2D eigenvalue weighted by Gasteiger charge is 2.45. The molecule has 0 heterocycles. The van der Waals surface area contributed by atoms with E-state index in [1.807, 2.05) is 0 Å². The van der Waals surface area contributed by atoms with Crippen LogP contribution < -0.4 is 10.5 Å². The van der Waals surface area contributed by atoms with E-state index < -0.39 is 10.0 Å². The van der Waals surface area contributed by atoms with E-state index in [9.17, 15) is 8.42 Å². The van der Waals surface area contributed by atoms with Gasteiger partial charge in [-0.2, -0.15) is 0 Å². The standard InChI is InChI=1S/C13H19ClN2O2S/c1-9(2)13(5-6-13)8-16-19(17,18)12-4-3-10(15)7-11(12)14/h3-4,7,9,16H,5-6,8,15H2,1-2H3. The molecule has 0 atom stereocenters. The average molecular weight is 303 g/mol. The van der Waals surface area contributed by atoms with E-state index >= 15 is 0 Å². The number of sulfonamides is 1. The zero-order valence-corrected chi connectivity index (χ0v) is 12.7.